The predicted octanol–water partition coefficient (Wildman–Crippen LogP) is 4.11. The van der Waals surface area contributed by atoms with Crippen molar-refractivity contribution >= 4 is 34.9 Å². The molecule has 0 unspecified atom stereocenters. The quantitative estimate of drug-likeness (QED) is 0.534. The maximum Gasteiger partial charge on any atom is 0.294 e. The van der Waals surface area contributed by atoms with Crippen molar-refractivity contribution in [2.45, 2.75) is 26.8 Å². The van der Waals surface area contributed by atoms with E-state index in [1.807, 2.05) is 60.9 Å². The normalized spacial score (nSPS) is 16.9. The van der Waals surface area contributed by atoms with Crippen LogP contribution in [-0.4, -0.2) is 49.5 Å². The van der Waals surface area contributed by atoms with Crippen molar-refractivity contribution in [3.8, 4) is 5.82 Å². The summed E-state index contributed by atoms with van der Waals surface area (Å²) in [5, 5.41) is -0.416. The van der Waals surface area contributed by atoms with Crippen LogP contribution in [-0.2, 0) is 22.6 Å². The van der Waals surface area contributed by atoms with E-state index in [2.05, 4.69) is 11.1 Å². The summed E-state index contributed by atoms with van der Waals surface area (Å²) in [5.74, 6) is 0.147. The molecule has 0 radical (unpaired) electrons. The molecule has 0 atom stereocenters. The Balaban J connectivity index is 1.33. The van der Waals surface area contributed by atoms with E-state index in [0.29, 0.717) is 18.0 Å². The van der Waals surface area contributed by atoms with E-state index in [1.54, 1.807) is 17.2 Å². The maximum absolute atomic E-state index is 13.0. The molecule has 0 spiro atoms. The van der Waals surface area contributed by atoms with Gasteiger partial charge in [0.1, 0.15) is 12.4 Å². The minimum absolute atomic E-state index is 0.216. The summed E-state index contributed by atoms with van der Waals surface area (Å²) in [4.78, 5) is 46.1. The lowest BCUT2D eigenvalue weighted by molar-refractivity contribution is -0.136. The minimum Gasteiger partial charge on any atom is -0.336 e. The Labute approximate surface area is 202 Å². The fraction of sp³-hybridized carbons (Fsp3) is 0.231. The highest BCUT2D eigenvalue weighted by Gasteiger charge is 2.37. The summed E-state index contributed by atoms with van der Waals surface area (Å²) in [6, 6.07) is 15.7. The van der Waals surface area contributed by atoms with Crippen molar-refractivity contribution < 1.29 is 14.4 Å². The van der Waals surface area contributed by atoms with E-state index >= 15 is 0 Å². The second-order valence-electron chi connectivity index (χ2n) is 8.45. The monoisotopic (exact) mass is 472 g/mol. The molecule has 0 N–H and O–H groups in total. The van der Waals surface area contributed by atoms with Gasteiger partial charge in [-0.05, 0) is 73.0 Å². The van der Waals surface area contributed by atoms with E-state index in [0.717, 1.165) is 51.4 Å². The third kappa shape index (κ3) is 4.05. The number of fused-ring (bicyclic) bond motifs is 1. The zero-order valence-corrected chi connectivity index (χ0v) is 19.8. The molecule has 0 saturated carbocycles. The largest absolute Gasteiger partial charge is 0.336 e. The number of carbonyl (C=O) groups is 3. The first-order valence-corrected chi connectivity index (χ1v) is 11.9. The van der Waals surface area contributed by atoms with E-state index in [-0.39, 0.29) is 12.5 Å². The van der Waals surface area contributed by atoms with Crippen molar-refractivity contribution in [1.29, 1.82) is 0 Å². The average molecular weight is 473 g/mol. The second-order valence-corrected chi connectivity index (χ2v) is 9.44. The van der Waals surface area contributed by atoms with Gasteiger partial charge in [-0.25, -0.2) is 4.98 Å². The molecule has 8 heteroatoms. The van der Waals surface area contributed by atoms with E-state index in [9.17, 15) is 14.4 Å². The van der Waals surface area contributed by atoms with Gasteiger partial charge in [-0.15, -0.1) is 0 Å². The Bertz CT molecular complexity index is 1330. The summed E-state index contributed by atoms with van der Waals surface area (Å²) < 4.78 is 2.01. The smallest absolute Gasteiger partial charge is 0.294 e. The zero-order valence-electron chi connectivity index (χ0n) is 19.0. The van der Waals surface area contributed by atoms with Gasteiger partial charge in [-0.2, -0.15) is 0 Å². The topological polar surface area (TPSA) is 75.5 Å². The van der Waals surface area contributed by atoms with Crippen molar-refractivity contribution in [3.63, 3.8) is 0 Å². The molecular weight excluding hydrogens is 448 g/mol. The Kier molecular flexibility index (Phi) is 5.83. The Morgan fingerprint density at radius 2 is 1.85 bits per heavy atom. The molecule has 0 aliphatic carbocycles. The lowest BCUT2D eigenvalue weighted by Crippen LogP contribution is -2.44. The number of rotatable bonds is 4. The first kappa shape index (κ1) is 22.2. The van der Waals surface area contributed by atoms with Crippen LogP contribution in [0.3, 0.4) is 0 Å². The first-order chi connectivity index (χ1) is 16.4. The lowest BCUT2D eigenvalue weighted by atomic mass is 10.00. The van der Waals surface area contributed by atoms with Crippen LogP contribution in [0.15, 0.2) is 59.6 Å². The number of aromatic nitrogens is 2. The molecule has 1 aromatic carbocycles. The number of carbonyl (C=O) groups excluding carboxylic acids is 3. The predicted molar refractivity (Wildman–Crippen MR) is 131 cm³/mol. The summed E-state index contributed by atoms with van der Waals surface area (Å²) in [6.45, 7) is 4.77. The second kappa shape index (κ2) is 8.95. The zero-order chi connectivity index (χ0) is 23.8. The van der Waals surface area contributed by atoms with Gasteiger partial charge in [-0.3, -0.25) is 19.3 Å². The van der Waals surface area contributed by atoms with Crippen molar-refractivity contribution in [1.82, 2.24) is 19.4 Å². The van der Waals surface area contributed by atoms with Crippen molar-refractivity contribution in [2.24, 2.45) is 0 Å². The molecule has 1 fully saturated rings. The van der Waals surface area contributed by atoms with Gasteiger partial charge in [0, 0.05) is 30.7 Å². The third-order valence-corrected chi connectivity index (χ3v) is 7.19. The number of amides is 3. The summed E-state index contributed by atoms with van der Waals surface area (Å²) in [5.41, 5.74) is 5.09. The molecule has 7 nitrogen and oxygen atoms in total. The summed E-state index contributed by atoms with van der Waals surface area (Å²) in [6.07, 6.45) is 4.24. The van der Waals surface area contributed by atoms with Crippen LogP contribution >= 0.6 is 11.8 Å². The molecular formula is C26H24N4O3S. The number of benzene rings is 1. The number of thioether (sulfide) groups is 1. The van der Waals surface area contributed by atoms with Gasteiger partial charge >= 0.3 is 0 Å². The van der Waals surface area contributed by atoms with Gasteiger partial charge < -0.3 is 9.47 Å². The molecule has 2 aromatic heterocycles. The summed E-state index contributed by atoms with van der Waals surface area (Å²) >= 11 is 0.876. The number of nitrogens with zero attached hydrogens (tertiary/aromatic N) is 4. The number of pyridine rings is 1. The molecule has 4 heterocycles. The van der Waals surface area contributed by atoms with Crippen LogP contribution in [0.25, 0.3) is 11.9 Å². The lowest BCUT2D eigenvalue weighted by Gasteiger charge is -2.29. The van der Waals surface area contributed by atoms with Crippen molar-refractivity contribution in [3.05, 3.63) is 87.7 Å². The fourth-order valence-corrected chi connectivity index (χ4v) is 5.32. The SMILES string of the molecule is Cc1cc(/C=C2\SC(=O)N(CC(=O)N3CCc4ccccc4C3)C2=O)c(C)n1-c1ccccn1. The molecule has 3 aromatic rings. The summed E-state index contributed by atoms with van der Waals surface area (Å²) in [7, 11) is 0. The van der Waals surface area contributed by atoms with E-state index < -0.39 is 11.1 Å². The highest BCUT2D eigenvalue weighted by Crippen LogP contribution is 2.34. The number of hydrogen-bond acceptors (Lipinski definition) is 5. The van der Waals surface area contributed by atoms with Crippen LogP contribution in [0.5, 0.6) is 0 Å². The molecule has 2 aliphatic rings. The first-order valence-electron chi connectivity index (χ1n) is 11.1. The molecule has 34 heavy (non-hydrogen) atoms. The van der Waals surface area contributed by atoms with E-state index in [1.165, 1.54) is 5.56 Å². The number of aryl methyl sites for hydroxylation is 1. The molecule has 5 rings (SSSR count). The van der Waals surface area contributed by atoms with Gasteiger partial charge in [0.25, 0.3) is 11.1 Å². The Morgan fingerprint density at radius 1 is 1.09 bits per heavy atom. The Morgan fingerprint density at radius 3 is 2.62 bits per heavy atom. The molecule has 1 saturated heterocycles. The molecule has 3 amide bonds. The Hall–Kier alpha value is -3.65. The van der Waals surface area contributed by atoms with Gasteiger partial charge in [0.15, 0.2) is 0 Å². The average Bonchev–Trinajstić information content (AvgIpc) is 3.28. The molecule has 2 aliphatic heterocycles. The van der Waals surface area contributed by atoms with Crippen LogP contribution in [0.1, 0.15) is 28.1 Å². The van der Waals surface area contributed by atoms with Gasteiger partial charge in [0.2, 0.25) is 5.91 Å². The third-order valence-electron chi connectivity index (χ3n) is 6.29. The standard InChI is InChI=1S/C26H24N4O3S/c1-17-13-21(18(2)30(17)23-9-5-6-11-27-23)14-22-25(32)29(26(33)34-22)16-24(31)28-12-10-19-7-3-4-8-20(19)15-28/h3-9,11,13-14H,10,12,15-16H2,1-2H3/b22-14-. The number of imide groups is 1. The number of hydrogen-bond donors (Lipinski definition) is 0. The highest BCUT2D eigenvalue weighted by molar-refractivity contribution is 8.18. The van der Waals surface area contributed by atoms with Gasteiger partial charge in [0.05, 0.1) is 4.91 Å². The molecule has 172 valence electrons. The van der Waals surface area contributed by atoms with Crippen LogP contribution < -0.4 is 0 Å². The molecule has 0 bridgehead atoms. The van der Waals surface area contributed by atoms with Crippen molar-refractivity contribution in [2.75, 3.05) is 13.1 Å². The van der Waals surface area contributed by atoms with Crippen LogP contribution in [0.4, 0.5) is 4.79 Å². The van der Waals surface area contributed by atoms with Gasteiger partial charge in [-0.1, -0.05) is 30.3 Å². The highest BCUT2D eigenvalue weighted by atomic mass is 32.2. The fourth-order valence-electron chi connectivity index (χ4n) is 4.49. The van der Waals surface area contributed by atoms with Crippen LogP contribution in [0.2, 0.25) is 0 Å². The minimum atomic E-state index is -0.427. The maximum atomic E-state index is 13.0. The van der Waals surface area contributed by atoms with E-state index in [4.69, 9.17) is 0 Å². The van der Waals surface area contributed by atoms with Crippen LogP contribution in [0, 0.1) is 13.8 Å².